The summed E-state index contributed by atoms with van der Waals surface area (Å²) in [6, 6.07) is 14.8. The topological polar surface area (TPSA) is 73.9 Å². The van der Waals surface area contributed by atoms with Gasteiger partial charge in [-0.2, -0.15) is 0 Å². The fourth-order valence-electron chi connectivity index (χ4n) is 3.39. The van der Waals surface area contributed by atoms with Gasteiger partial charge < -0.3 is 19.9 Å². The molecule has 0 radical (unpaired) electrons. The number of piperazine rings is 1. The maximum absolute atomic E-state index is 12.6. The smallest absolute Gasteiger partial charge is 0.257 e. The van der Waals surface area contributed by atoms with Gasteiger partial charge >= 0.3 is 0 Å². The van der Waals surface area contributed by atoms with Gasteiger partial charge in [0, 0.05) is 38.7 Å². The van der Waals surface area contributed by atoms with Crippen LogP contribution < -0.4 is 20.3 Å². The largest absolute Gasteiger partial charge is 0.494 e. The molecule has 3 rings (SSSR count). The molecule has 0 spiro atoms. The van der Waals surface area contributed by atoms with Crippen LogP contribution in [0.15, 0.2) is 48.5 Å². The second-order valence-electron chi connectivity index (χ2n) is 7.29. The fraction of sp³-hybridized carbons (Fsp3) is 0.348. The Labute approximate surface area is 188 Å². The van der Waals surface area contributed by atoms with Crippen molar-refractivity contribution in [1.82, 2.24) is 10.2 Å². The van der Waals surface area contributed by atoms with Crippen molar-refractivity contribution in [2.24, 2.45) is 0 Å². The van der Waals surface area contributed by atoms with E-state index in [1.165, 1.54) is 0 Å². The van der Waals surface area contributed by atoms with E-state index in [-0.39, 0.29) is 16.9 Å². The predicted octanol–water partition coefficient (Wildman–Crippen LogP) is 3.27. The van der Waals surface area contributed by atoms with Crippen molar-refractivity contribution < 1.29 is 14.3 Å². The van der Waals surface area contributed by atoms with Crippen molar-refractivity contribution in [3.63, 3.8) is 0 Å². The summed E-state index contributed by atoms with van der Waals surface area (Å²) in [6.45, 7) is 7.06. The van der Waals surface area contributed by atoms with E-state index in [2.05, 4.69) is 15.5 Å². The van der Waals surface area contributed by atoms with Crippen LogP contribution in [-0.4, -0.2) is 54.6 Å². The zero-order valence-electron chi connectivity index (χ0n) is 17.9. The standard InChI is InChI=1S/C23H28N4O3S/c1-3-15-30-19-8-6-7-18(16-19)22(29)25-23(31)24-20-9-4-5-10-21(20)27-13-11-26(12-14-27)17(2)28/h4-10,16H,3,11-15H2,1-2H3,(H2,24,25,29,31). The van der Waals surface area contributed by atoms with Crippen LogP contribution in [0.3, 0.4) is 0 Å². The summed E-state index contributed by atoms with van der Waals surface area (Å²) in [5, 5.41) is 6.09. The van der Waals surface area contributed by atoms with E-state index in [1.807, 2.05) is 42.2 Å². The van der Waals surface area contributed by atoms with Gasteiger partial charge in [0.1, 0.15) is 5.75 Å². The highest BCUT2D eigenvalue weighted by atomic mass is 32.1. The van der Waals surface area contributed by atoms with Crippen molar-refractivity contribution in [2.75, 3.05) is 43.0 Å². The lowest BCUT2D eigenvalue weighted by Gasteiger charge is -2.36. The second-order valence-corrected chi connectivity index (χ2v) is 7.70. The maximum Gasteiger partial charge on any atom is 0.257 e. The summed E-state index contributed by atoms with van der Waals surface area (Å²) < 4.78 is 5.59. The Morgan fingerprint density at radius 1 is 1.06 bits per heavy atom. The van der Waals surface area contributed by atoms with Gasteiger partial charge in [0.05, 0.1) is 18.0 Å². The molecule has 164 valence electrons. The van der Waals surface area contributed by atoms with Crippen molar-refractivity contribution >= 4 is 40.5 Å². The minimum Gasteiger partial charge on any atom is -0.494 e. The van der Waals surface area contributed by atoms with Gasteiger partial charge in [-0.05, 0) is 49.0 Å². The van der Waals surface area contributed by atoms with Crippen LogP contribution in [0.25, 0.3) is 0 Å². The molecule has 2 aromatic carbocycles. The van der Waals surface area contributed by atoms with E-state index in [0.29, 0.717) is 31.0 Å². The van der Waals surface area contributed by atoms with Gasteiger partial charge in [-0.25, -0.2) is 0 Å². The first-order chi connectivity index (χ1) is 15.0. The molecule has 2 amide bonds. The van der Waals surface area contributed by atoms with Gasteiger partial charge in [0.2, 0.25) is 5.91 Å². The Hall–Kier alpha value is -3.13. The van der Waals surface area contributed by atoms with E-state index in [1.54, 1.807) is 25.1 Å². The highest BCUT2D eigenvalue weighted by molar-refractivity contribution is 7.80. The Morgan fingerprint density at radius 2 is 1.81 bits per heavy atom. The molecule has 1 saturated heterocycles. The number of hydrogen-bond acceptors (Lipinski definition) is 5. The van der Waals surface area contributed by atoms with Crippen LogP contribution in [0.1, 0.15) is 30.6 Å². The highest BCUT2D eigenvalue weighted by Crippen LogP contribution is 2.26. The van der Waals surface area contributed by atoms with E-state index < -0.39 is 0 Å². The third-order valence-electron chi connectivity index (χ3n) is 5.01. The molecule has 0 aromatic heterocycles. The number of amides is 2. The minimum absolute atomic E-state index is 0.0964. The zero-order valence-corrected chi connectivity index (χ0v) is 18.7. The van der Waals surface area contributed by atoms with E-state index in [0.717, 1.165) is 30.9 Å². The summed E-state index contributed by atoms with van der Waals surface area (Å²) in [6.07, 6.45) is 0.896. The number of nitrogens with zero attached hydrogens (tertiary/aromatic N) is 2. The summed E-state index contributed by atoms with van der Waals surface area (Å²) >= 11 is 5.38. The number of para-hydroxylation sites is 2. The molecule has 0 saturated carbocycles. The van der Waals surface area contributed by atoms with Crippen LogP contribution in [0, 0.1) is 0 Å². The number of benzene rings is 2. The Balaban J connectivity index is 1.62. The lowest BCUT2D eigenvalue weighted by Crippen LogP contribution is -2.48. The average Bonchev–Trinajstić information content (AvgIpc) is 2.78. The van der Waals surface area contributed by atoms with Crippen molar-refractivity contribution in [2.45, 2.75) is 20.3 Å². The maximum atomic E-state index is 12.6. The van der Waals surface area contributed by atoms with Crippen LogP contribution in [-0.2, 0) is 4.79 Å². The van der Waals surface area contributed by atoms with Crippen LogP contribution in [0.5, 0.6) is 5.75 Å². The minimum atomic E-state index is -0.299. The number of carbonyl (C=O) groups is 2. The first-order valence-corrected chi connectivity index (χ1v) is 10.8. The third-order valence-corrected chi connectivity index (χ3v) is 5.22. The molecule has 0 atom stereocenters. The Bertz CT molecular complexity index is 942. The molecule has 7 nitrogen and oxygen atoms in total. The average molecular weight is 441 g/mol. The molecule has 1 aliphatic heterocycles. The normalized spacial score (nSPS) is 13.5. The Kier molecular flexibility index (Phi) is 7.83. The molecule has 8 heteroatoms. The number of thiocarbonyl (C=S) groups is 1. The second kappa shape index (κ2) is 10.8. The summed E-state index contributed by atoms with van der Waals surface area (Å²) in [4.78, 5) is 28.2. The number of hydrogen-bond donors (Lipinski definition) is 2. The molecule has 0 aliphatic carbocycles. The molecule has 0 bridgehead atoms. The number of anilines is 2. The van der Waals surface area contributed by atoms with Crippen LogP contribution >= 0.6 is 12.2 Å². The van der Waals surface area contributed by atoms with Gasteiger partial charge in [-0.15, -0.1) is 0 Å². The summed E-state index contributed by atoms with van der Waals surface area (Å²) in [7, 11) is 0. The van der Waals surface area contributed by atoms with Gasteiger partial charge in [-0.1, -0.05) is 25.1 Å². The molecular formula is C23H28N4O3S. The lowest BCUT2D eigenvalue weighted by molar-refractivity contribution is -0.129. The molecule has 2 N–H and O–H groups in total. The van der Waals surface area contributed by atoms with E-state index in [4.69, 9.17) is 17.0 Å². The lowest BCUT2D eigenvalue weighted by atomic mass is 10.2. The van der Waals surface area contributed by atoms with Crippen molar-refractivity contribution in [1.29, 1.82) is 0 Å². The highest BCUT2D eigenvalue weighted by Gasteiger charge is 2.21. The van der Waals surface area contributed by atoms with E-state index in [9.17, 15) is 9.59 Å². The summed E-state index contributed by atoms with van der Waals surface area (Å²) in [5.74, 6) is 0.453. The van der Waals surface area contributed by atoms with Crippen LogP contribution in [0.2, 0.25) is 0 Å². The first-order valence-electron chi connectivity index (χ1n) is 10.4. The SMILES string of the molecule is CCCOc1cccc(C(=O)NC(=S)Nc2ccccc2N2CCN(C(C)=O)CC2)c1. The number of rotatable bonds is 6. The van der Waals surface area contributed by atoms with Gasteiger partial charge in [0.15, 0.2) is 5.11 Å². The number of carbonyl (C=O) groups excluding carboxylic acids is 2. The molecule has 1 aliphatic rings. The fourth-order valence-corrected chi connectivity index (χ4v) is 3.60. The third kappa shape index (κ3) is 6.18. The molecule has 31 heavy (non-hydrogen) atoms. The molecule has 0 unspecified atom stereocenters. The first kappa shape index (κ1) is 22.6. The molecule has 1 heterocycles. The van der Waals surface area contributed by atoms with Crippen LogP contribution in [0.4, 0.5) is 11.4 Å². The summed E-state index contributed by atoms with van der Waals surface area (Å²) in [5.41, 5.74) is 2.27. The predicted molar refractivity (Wildman–Crippen MR) is 127 cm³/mol. The van der Waals surface area contributed by atoms with E-state index >= 15 is 0 Å². The van der Waals surface area contributed by atoms with Crippen molar-refractivity contribution in [3.05, 3.63) is 54.1 Å². The van der Waals surface area contributed by atoms with Gasteiger partial charge in [0.25, 0.3) is 5.91 Å². The molecular weight excluding hydrogens is 412 g/mol. The quantitative estimate of drug-likeness (QED) is 0.672. The van der Waals surface area contributed by atoms with Gasteiger partial charge in [-0.3, -0.25) is 14.9 Å². The molecule has 1 fully saturated rings. The Morgan fingerprint density at radius 3 is 2.52 bits per heavy atom. The van der Waals surface area contributed by atoms with Crippen molar-refractivity contribution in [3.8, 4) is 5.75 Å². The zero-order chi connectivity index (χ0) is 22.2. The molecule has 2 aromatic rings. The number of ether oxygens (including phenoxy) is 1. The number of nitrogens with one attached hydrogen (secondary N) is 2. The monoisotopic (exact) mass is 440 g/mol.